The van der Waals surface area contributed by atoms with Gasteiger partial charge in [0.15, 0.2) is 0 Å². The van der Waals surface area contributed by atoms with Crippen LogP contribution in [0.2, 0.25) is 0 Å². The molecule has 1 aromatic carbocycles. The Kier molecular flexibility index (Phi) is 3.25. The van der Waals surface area contributed by atoms with Gasteiger partial charge in [-0.15, -0.1) is 0 Å². The summed E-state index contributed by atoms with van der Waals surface area (Å²) < 4.78 is 39.3. The number of nitrogens with one attached hydrogen (secondary N) is 1. The minimum absolute atomic E-state index is 0.234. The number of halogens is 1. The van der Waals surface area contributed by atoms with E-state index in [1.54, 1.807) is 20.8 Å². The number of para-hydroxylation sites is 1. The van der Waals surface area contributed by atoms with Gasteiger partial charge in [0.1, 0.15) is 10.7 Å². The first kappa shape index (κ1) is 12.9. The molecule has 0 aliphatic rings. The van der Waals surface area contributed by atoms with E-state index in [1.807, 2.05) is 0 Å². The Hall–Kier alpha value is -1.14. The van der Waals surface area contributed by atoms with Crippen LogP contribution < -0.4 is 10.5 Å². The van der Waals surface area contributed by atoms with Crippen molar-refractivity contribution in [1.82, 2.24) is 4.72 Å². The molecule has 0 aliphatic heterocycles. The zero-order valence-electron chi connectivity index (χ0n) is 9.41. The van der Waals surface area contributed by atoms with E-state index in [0.717, 1.165) is 6.07 Å². The van der Waals surface area contributed by atoms with E-state index in [1.165, 1.54) is 12.1 Å². The predicted octanol–water partition coefficient (Wildman–Crippen LogP) is 1.48. The highest BCUT2D eigenvalue weighted by Gasteiger charge is 2.24. The molecule has 0 aliphatic carbocycles. The molecule has 3 N–H and O–H groups in total. The number of hydrogen-bond acceptors (Lipinski definition) is 3. The maximum atomic E-state index is 13.1. The lowest BCUT2D eigenvalue weighted by atomic mass is 10.1. The average molecular weight is 246 g/mol. The van der Waals surface area contributed by atoms with E-state index < -0.39 is 21.4 Å². The molecule has 4 nitrogen and oxygen atoms in total. The van der Waals surface area contributed by atoms with Gasteiger partial charge in [0, 0.05) is 5.54 Å². The number of sulfonamides is 1. The molecule has 1 rings (SSSR count). The Bertz CT molecular complexity index is 492. The molecule has 0 aromatic heterocycles. The first-order valence-electron chi connectivity index (χ1n) is 4.71. The van der Waals surface area contributed by atoms with Crippen LogP contribution in [0.15, 0.2) is 23.1 Å². The lowest BCUT2D eigenvalue weighted by Gasteiger charge is -2.21. The van der Waals surface area contributed by atoms with Crippen molar-refractivity contribution in [3.8, 4) is 0 Å². The van der Waals surface area contributed by atoms with Gasteiger partial charge in [0.2, 0.25) is 10.0 Å². The fraction of sp³-hybridized carbons (Fsp3) is 0.400. The zero-order chi connectivity index (χ0) is 12.6. The fourth-order valence-corrected chi connectivity index (χ4v) is 2.77. The molecular weight excluding hydrogens is 231 g/mol. The largest absolute Gasteiger partial charge is 0.395 e. The van der Waals surface area contributed by atoms with Crippen LogP contribution in [-0.4, -0.2) is 14.0 Å². The third kappa shape index (κ3) is 2.93. The molecule has 0 heterocycles. The number of benzene rings is 1. The lowest BCUT2D eigenvalue weighted by Crippen LogP contribution is -2.40. The normalized spacial score (nSPS) is 12.8. The van der Waals surface area contributed by atoms with Crippen molar-refractivity contribution in [3.63, 3.8) is 0 Å². The molecule has 0 fully saturated rings. The Morgan fingerprint density at radius 1 is 1.31 bits per heavy atom. The van der Waals surface area contributed by atoms with Gasteiger partial charge >= 0.3 is 0 Å². The highest BCUT2D eigenvalue weighted by Crippen LogP contribution is 2.22. The van der Waals surface area contributed by atoms with Crippen molar-refractivity contribution < 1.29 is 12.8 Å². The summed E-state index contributed by atoms with van der Waals surface area (Å²) in [5, 5.41) is 0. The third-order valence-electron chi connectivity index (χ3n) is 1.74. The molecule has 0 saturated carbocycles. The molecule has 90 valence electrons. The van der Waals surface area contributed by atoms with Crippen molar-refractivity contribution >= 4 is 15.7 Å². The maximum absolute atomic E-state index is 13.1. The molecule has 16 heavy (non-hydrogen) atoms. The Balaban J connectivity index is 3.24. The standard InChI is InChI=1S/C10H15FN2O2S/c1-10(2,3)13-16(14,15)8-6-4-5-7(11)9(8)12/h4-6,13H,12H2,1-3H3. The quantitative estimate of drug-likeness (QED) is 0.776. The monoisotopic (exact) mass is 246 g/mol. The highest BCUT2D eigenvalue weighted by atomic mass is 32.2. The van der Waals surface area contributed by atoms with E-state index in [-0.39, 0.29) is 10.6 Å². The summed E-state index contributed by atoms with van der Waals surface area (Å²) in [4.78, 5) is -0.234. The summed E-state index contributed by atoms with van der Waals surface area (Å²) in [7, 11) is -3.79. The Labute approximate surface area is 94.7 Å². The smallest absolute Gasteiger partial charge is 0.243 e. The van der Waals surface area contributed by atoms with Crippen LogP contribution >= 0.6 is 0 Å². The second-order valence-corrected chi connectivity index (χ2v) is 6.16. The third-order valence-corrected chi connectivity index (χ3v) is 3.56. The fourth-order valence-electron chi connectivity index (χ4n) is 1.21. The first-order valence-corrected chi connectivity index (χ1v) is 6.20. The van der Waals surface area contributed by atoms with Crippen molar-refractivity contribution in [3.05, 3.63) is 24.0 Å². The molecule has 0 radical (unpaired) electrons. The zero-order valence-corrected chi connectivity index (χ0v) is 10.2. The molecule has 0 amide bonds. The topological polar surface area (TPSA) is 72.2 Å². The van der Waals surface area contributed by atoms with E-state index in [4.69, 9.17) is 5.73 Å². The molecule has 1 aromatic rings. The van der Waals surface area contributed by atoms with E-state index >= 15 is 0 Å². The van der Waals surface area contributed by atoms with Crippen molar-refractivity contribution in [2.75, 3.05) is 5.73 Å². The van der Waals surface area contributed by atoms with Crippen LogP contribution in [0.25, 0.3) is 0 Å². The second-order valence-electron chi connectivity index (χ2n) is 4.51. The van der Waals surface area contributed by atoms with Gasteiger partial charge in [-0.05, 0) is 32.9 Å². The van der Waals surface area contributed by atoms with Gasteiger partial charge in [0.05, 0.1) is 5.69 Å². The minimum atomic E-state index is -3.79. The van der Waals surface area contributed by atoms with Gasteiger partial charge < -0.3 is 5.73 Å². The first-order chi connectivity index (χ1) is 7.13. The Morgan fingerprint density at radius 2 is 1.88 bits per heavy atom. The van der Waals surface area contributed by atoms with Crippen LogP contribution in [0, 0.1) is 5.82 Å². The average Bonchev–Trinajstić information content (AvgIpc) is 2.05. The minimum Gasteiger partial charge on any atom is -0.395 e. The number of nitrogen functional groups attached to an aromatic ring is 1. The van der Waals surface area contributed by atoms with Crippen LogP contribution in [-0.2, 0) is 10.0 Å². The molecule has 0 bridgehead atoms. The van der Waals surface area contributed by atoms with Gasteiger partial charge in [-0.25, -0.2) is 17.5 Å². The van der Waals surface area contributed by atoms with Gasteiger partial charge in [-0.3, -0.25) is 0 Å². The van der Waals surface area contributed by atoms with E-state index in [9.17, 15) is 12.8 Å². The molecule has 0 spiro atoms. The number of rotatable bonds is 2. The van der Waals surface area contributed by atoms with Crippen molar-refractivity contribution in [2.45, 2.75) is 31.2 Å². The van der Waals surface area contributed by atoms with Crippen molar-refractivity contribution in [1.29, 1.82) is 0 Å². The van der Waals surface area contributed by atoms with Crippen LogP contribution in [0.5, 0.6) is 0 Å². The van der Waals surface area contributed by atoms with Crippen LogP contribution in [0.3, 0.4) is 0 Å². The van der Waals surface area contributed by atoms with E-state index in [2.05, 4.69) is 4.72 Å². The maximum Gasteiger partial charge on any atom is 0.243 e. The van der Waals surface area contributed by atoms with Crippen molar-refractivity contribution in [2.24, 2.45) is 0 Å². The molecule has 0 saturated heterocycles. The summed E-state index contributed by atoms with van der Waals surface area (Å²) in [5.74, 6) is -0.739. The summed E-state index contributed by atoms with van der Waals surface area (Å²) >= 11 is 0. The van der Waals surface area contributed by atoms with Gasteiger partial charge in [-0.2, -0.15) is 0 Å². The SMILES string of the molecule is CC(C)(C)NS(=O)(=O)c1cccc(F)c1N. The summed E-state index contributed by atoms with van der Waals surface area (Å²) in [5.41, 5.74) is 4.39. The van der Waals surface area contributed by atoms with Crippen LogP contribution in [0.1, 0.15) is 20.8 Å². The lowest BCUT2D eigenvalue weighted by molar-refractivity contribution is 0.491. The predicted molar refractivity (Wildman–Crippen MR) is 60.9 cm³/mol. The van der Waals surface area contributed by atoms with Crippen LogP contribution in [0.4, 0.5) is 10.1 Å². The molecule has 0 unspecified atom stereocenters. The summed E-state index contributed by atoms with van der Waals surface area (Å²) in [6.07, 6.45) is 0. The number of hydrogen-bond donors (Lipinski definition) is 2. The molecular formula is C10H15FN2O2S. The molecule has 6 heteroatoms. The second kappa shape index (κ2) is 4.03. The number of anilines is 1. The summed E-state index contributed by atoms with van der Waals surface area (Å²) in [6, 6.07) is 3.70. The number of nitrogens with two attached hydrogens (primary N) is 1. The summed E-state index contributed by atoms with van der Waals surface area (Å²) in [6.45, 7) is 5.08. The Morgan fingerprint density at radius 3 is 2.38 bits per heavy atom. The van der Waals surface area contributed by atoms with Gasteiger partial charge in [0.25, 0.3) is 0 Å². The van der Waals surface area contributed by atoms with Gasteiger partial charge in [-0.1, -0.05) is 6.07 Å². The molecule has 0 atom stereocenters. The van der Waals surface area contributed by atoms with E-state index in [0.29, 0.717) is 0 Å². The highest BCUT2D eigenvalue weighted by molar-refractivity contribution is 7.89.